The molecule has 3 aromatic heterocycles. The maximum atomic E-state index is 11.9. The molecule has 0 radical (unpaired) electrons. The second kappa shape index (κ2) is 7.28. The Labute approximate surface area is 138 Å². The summed E-state index contributed by atoms with van der Waals surface area (Å²) in [4.78, 5) is 31.8. The molecule has 0 fully saturated rings. The molecule has 1 amide bonds. The Morgan fingerprint density at radius 3 is 2.67 bits per heavy atom. The van der Waals surface area contributed by atoms with Crippen LogP contribution in [0.1, 0.15) is 5.56 Å². The van der Waals surface area contributed by atoms with E-state index in [1.807, 2.05) is 24.3 Å². The first-order valence-electron chi connectivity index (χ1n) is 7.36. The van der Waals surface area contributed by atoms with Crippen molar-refractivity contribution < 1.29 is 4.79 Å². The third-order valence-electron chi connectivity index (χ3n) is 3.35. The van der Waals surface area contributed by atoms with Gasteiger partial charge in [0.15, 0.2) is 0 Å². The molecule has 0 saturated heterocycles. The number of carbonyl (C=O) groups excluding carboxylic acids is 1. The Morgan fingerprint density at radius 1 is 1.08 bits per heavy atom. The van der Waals surface area contributed by atoms with Crippen LogP contribution in [0.25, 0.3) is 11.3 Å². The number of carbonyl (C=O) groups is 1. The molecule has 3 aromatic rings. The van der Waals surface area contributed by atoms with E-state index in [9.17, 15) is 9.59 Å². The van der Waals surface area contributed by atoms with Gasteiger partial charge in [-0.15, -0.1) is 0 Å². The van der Waals surface area contributed by atoms with Gasteiger partial charge in [0.05, 0.1) is 5.69 Å². The quantitative estimate of drug-likeness (QED) is 0.757. The molecule has 7 heteroatoms. The number of nitrogens with zero attached hydrogens (tertiary/aromatic N) is 4. The summed E-state index contributed by atoms with van der Waals surface area (Å²) in [6, 6.07) is 10.4. The van der Waals surface area contributed by atoms with Gasteiger partial charge in [0.1, 0.15) is 6.54 Å². The van der Waals surface area contributed by atoms with E-state index in [0.717, 1.165) is 21.5 Å². The van der Waals surface area contributed by atoms with E-state index >= 15 is 0 Å². The minimum atomic E-state index is -0.310. The Kier molecular flexibility index (Phi) is 4.71. The average Bonchev–Trinajstić information content (AvgIpc) is 2.63. The van der Waals surface area contributed by atoms with Crippen molar-refractivity contribution in [3.63, 3.8) is 0 Å². The summed E-state index contributed by atoms with van der Waals surface area (Å²) in [5.41, 5.74) is 2.31. The summed E-state index contributed by atoms with van der Waals surface area (Å²) < 4.78 is 1.11. The predicted molar refractivity (Wildman–Crippen MR) is 87.8 cm³/mol. The van der Waals surface area contributed by atoms with Crippen LogP contribution in [-0.2, 0) is 17.9 Å². The summed E-state index contributed by atoms with van der Waals surface area (Å²) in [6.45, 7) is 0.224. The Hall–Kier alpha value is -3.35. The highest BCUT2D eigenvalue weighted by atomic mass is 16.2. The topological polar surface area (TPSA) is 89.8 Å². The first-order valence-corrected chi connectivity index (χ1v) is 7.36. The van der Waals surface area contributed by atoms with E-state index in [2.05, 4.69) is 20.4 Å². The molecule has 0 aliphatic rings. The normalized spacial score (nSPS) is 10.3. The molecule has 0 spiro atoms. The van der Waals surface area contributed by atoms with Gasteiger partial charge in [-0.05, 0) is 29.8 Å². The van der Waals surface area contributed by atoms with Crippen LogP contribution in [-0.4, -0.2) is 25.7 Å². The first-order chi connectivity index (χ1) is 11.7. The lowest BCUT2D eigenvalue weighted by Gasteiger charge is -2.07. The molecule has 0 bridgehead atoms. The number of amides is 1. The van der Waals surface area contributed by atoms with Gasteiger partial charge in [0.2, 0.25) is 5.91 Å². The summed E-state index contributed by atoms with van der Waals surface area (Å²) in [5, 5.41) is 6.59. The molecule has 0 aliphatic carbocycles. The predicted octanol–water partition coefficient (Wildman–Crippen LogP) is 1.02. The Balaban J connectivity index is 1.58. The Bertz CT molecular complexity index is 875. The lowest BCUT2D eigenvalue weighted by Crippen LogP contribution is -2.32. The SMILES string of the molecule is O=C(Cn1ncccc1=O)NCc1ccc(-c2cccnc2)nc1. The second-order valence-electron chi connectivity index (χ2n) is 5.09. The lowest BCUT2D eigenvalue weighted by atomic mass is 10.1. The second-order valence-corrected chi connectivity index (χ2v) is 5.09. The van der Waals surface area contributed by atoms with Crippen LogP contribution in [0, 0.1) is 0 Å². The van der Waals surface area contributed by atoms with Crippen molar-refractivity contribution >= 4 is 5.91 Å². The van der Waals surface area contributed by atoms with Crippen molar-refractivity contribution in [3.8, 4) is 11.3 Å². The van der Waals surface area contributed by atoms with Gasteiger partial charge in [0.25, 0.3) is 5.56 Å². The highest BCUT2D eigenvalue weighted by molar-refractivity contribution is 5.75. The summed E-state index contributed by atoms with van der Waals surface area (Å²) in [5.74, 6) is -0.285. The number of hydrogen-bond acceptors (Lipinski definition) is 5. The van der Waals surface area contributed by atoms with Crippen LogP contribution < -0.4 is 10.9 Å². The summed E-state index contributed by atoms with van der Waals surface area (Å²) in [7, 11) is 0. The van der Waals surface area contributed by atoms with Gasteiger partial charge >= 0.3 is 0 Å². The molecule has 3 heterocycles. The number of aromatic nitrogens is 4. The Morgan fingerprint density at radius 2 is 1.96 bits per heavy atom. The molecule has 0 atom stereocenters. The summed E-state index contributed by atoms with van der Waals surface area (Å²) in [6.07, 6.45) is 6.63. The number of nitrogens with one attached hydrogen (secondary N) is 1. The molecule has 3 rings (SSSR count). The largest absolute Gasteiger partial charge is 0.350 e. The van der Waals surface area contributed by atoms with E-state index in [-0.39, 0.29) is 18.0 Å². The highest BCUT2D eigenvalue weighted by Crippen LogP contribution is 2.14. The minimum Gasteiger partial charge on any atom is -0.350 e. The molecule has 24 heavy (non-hydrogen) atoms. The van der Waals surface area contributed by atoms with Crippen molar-refractivity contribution in [1.82, 2.24) is 25.1 Å². The van der Waals surface area contributed by atoms with Crippen LogP contribution in [0.15, 0.2) is 66.0 Å². The monoisotopic (exact) mass is 321 g/mol. The first kappa shape index (κ1) is 15.5. The van der Waals surface area contributed by atoms with Gasteiger partial charge in [-0.2, -0.15) is 5.10 Å². The zero-order valence-electron chi connectivity index (χ0n) is 12.8. The van der Waals surface area contributed by atoms with E-state index in [1.165, 1.54) is 18.3 Å². The fourth-order valence-electron chi connectivity index (χ4n) is 2.11. The molecule has 120 valence electrons. The fraction of sp³-hybridized carbons (Fsp3) is 0.118. The van der Waals surface area contributed by atoms with Crippen molar-refractivity contribution in [3.05, 3.63) is 77.1 Å². The van der Waals surface area contributed by atoms with Crippen molar-refractivity contribution in [1.29, 1.82) is 0 Å². The van der Waals surface area contributed by atoms with Crippen LogP contribution in [0.2, 0.25) is 0 Å². The highest BCUT2D eigenvalue weighted by Gasteiger charge is 2.05. The maximum absolute atomic E-state index is 11.9. The van der Waals surface area contributed by atoms with E-state index < -0.39 is 0 Å². The van der Waals surface area contributed by atoms with Crippen LogP contribution in [0.4, 0.5) is 0 Å². The zero-order valence-corrected chi connectivity index (χ0v) is 12.8. The molecule has 0 unspecified atom stereocenters. The average molecular weight is 321 g/mol. The van der Waals surface area contributed by atoms with Crippen molar-refractivity contribution in [2.45, 2.75) is 13.1 Å². The molecular weight excluding hydrogens is 306 g/mol. The summed E-state index contributed by atoms with van der Waals surface area (Å²) >= 11 is 0. The number of pyridine rings is 2. The van der Waals surface area contributed by atoms with Crippen molar-refractivity contribution in [2.75, 3.05) is 0 Å². The zero-order chi connectivity index (χ0) is 16.8. The third-order valence-corrected chi connectivity index (χ3v) is 3.35. The molecule has 7 nitrogen and oxygen atoms in total. The van der Waals surface area contributed by atoms with Crippen LogP contribution >= 0.6 is 0 Å². The number of rotatable bonds is 5. The van der Waals surface area contributed by atoms with Gasteiger partial charge in [0, 0.05) is 43.0 Å². The standard InChI is InChI=1S/C17H15N5O2/c23-16(12-22-17(24)4-2-8-21-22)20-10-13-5-6-15(19-9-13)14-3-1-7-18-11-14/h1-9,11H,10,12H2,(H,20,23). The molecule has 0 aromatic carbocycles. The third kappa shape index (κ3) is 3.89. The lowest BCUT2D eigenvalue weighted by molar-refractivity contribution is -0.122. The van der Waals surface area contributed by atoms with Crippen molar-refractivity contribution in [2.24, 2.45) is 0 Å². The van der Waals surface area contributed by atoms with Gasteiger partial charge in [-0.25, -0.2) is 4.68 Å². The molecule has 0 aliphatic heterocycles. The molecule has 0 saturated carbocycles. The smallest absolute Gasteiger partial charge is 0.267 e. The molecule has 1 N–H and O–H groups in total. The van der Waals surface area contributed by atoms with E-state index in [0.29, 0.717) is 6.54 Å². The number of hydrogen-bond donors (Lipinski definition) is 1. The van der Waals surface area contributed by atoms with Crippen LogP contribution in [0.3, 0.4) is 0 Å². The molecular formula is C17H15N5O2. The minimum absolute atomic E-state index is 0.110. The maximum Gasteiger partial charge on any atom is 0.267 e. The van der Waals surface area contributed by atoms with E-state index in [4.69, 9.17) is 0 Å². The van der Waals surface area contributed by atoms with E-state index in [1.54, 1.807) is 18.6 Å². The van der Waals surface area contributed by atoms with Gasteiger partial charge < -0.3 is 5.32 Å². The van der Waals surface area contributed by atoms with Gasteiger partial charge in [-0.1, -0.05) is 6.07 Å². The van der Waals surface area contributed by atoms with Gasteiger partial charge in [-0.3, -0.25) is 19.6 Å². The van der Waals surface area contributed by atoms with Crippen LogP contribution in [0.5, 0.6) is 0 Å². The fourth-order valence-corrected chi connectivity index (χ4v) is 2.11.